The van der Waals surface area contributed by atoms with E-state index < -0.39 is 12.0 Å². The van der Waals surface area contributed by atoms with Crippen LogP contribution in [-0.4, -0.2) is 16.5 Å². The Kier molecular flexibility index (Phi) is 5.43. The zero-order valence-corrected chi connectivity index (χ0v) is 11.8. The van der Waals surface area contributed by atoms with E-state index >= 15 is 0 Å². The van der Waals surface area contributed by atoms with Gasteiger partial charge in [-0.3, -0.25) is 0 Å². The van der Waals surface area contributed by atoms with E-state index in [-0.39, 0.29) is 11.3 Å². The molecule has 0 heterocycles. The van der Waals surface area contributed by atoms with Crippen LogP contribution < -0.4 is 0 Å². The molecule has 0 bridgehead atoms. The summed E-state index contributed by atoms with van der Waals surface area (Å²) in [7, 11) is 0. The molecule has 0 aliphatic heterocycles. The number of nitrogens with zero attached hydrogens (tertiary/aromatic N) is 2. The molecule has 1 rings (SSSR count). The number of rotatable bonds is 4. The van der Waals surface area contributed by atoms with E-state index in [9.17, 15) is 5.11 Å². The van der Waals surface area contributed by atoms with Crippen molar-refractivity contribution in [2.75, 3.05) is 5.33 Å². The van der Waals surface area contributed by atoms with E-state index in [1.165, 1.54) is 0 Å². The van der Waals surface area contributed by atoms with Crippen molar-refractivity contribution in [2.45, 2.75) is 45.1 Å². The van der Waals surface area contributed by atoms with Crippen LogP contribution in [0.3, 0.4) is 0 Å². The van der Waals surface area contributed by atoms with Gasteiger partial charge in [-0.2, -0.15) is 10.5 Å². The van der Waals surface area contributed by atoms with Crippen molar-refractivity contribution >= 4 is 15.9 Å². The van der Waals surface area contributed by atoms with Gasteiger partial charge in [-0.15, -0.1) is 0 Å². The van der Waals surface area contributed by atoms with E-state index in [0.717, 1.165) is 25.7 Å². The molecule has 0 unspecified atom stereocenters. The summed E-state index contributed by atoms with van der Waals surface area (Å²) < 4.78 is 0. The van der Waals surface area contributed by atoms with E-state index in [0.29, 0.717) is 11.8 Å². The molecule has 3 atom stereocenters. The highest BCUT2D eigenvalue weighted by molar-refractivity contribution is 9.09. The Morgan fingerprint density at radius 1 is 1.41 bits per heavy atom. The van der Waals surface area contributed by atoms with Crippen LogP contribution in [0.5, 0.6) is 0 Å². The van der Waals surface area contributed by atoms with Crippen molar-refractivity contribution in [1.82, 2.24) is 0 Å². The van der Waals surface area contributed by atoms with Gasteiger partial charge in [0.15, 0.2) is 0 Å². The fraction of sp³-hybridized carbons (Fsp3) is 0.846. The van der Waals surface area contributed by atoms with Crippen LogP contribution in [0.15, 0.2) is 0 Å². The zero-order chi connectivity index (χ0) is 12.9. The molecule has 4 heteroatoms. The molecule has 1 aliphatic rings. The standard InChI is InChI=1S/C13H19BrN2O/c1-13(6-11(17)7-14)5-3-2-4-12(13)10(8-15)9-16/h10-12,17H,2-7H2,1H3/t11-,12+,13+/m0/s1. The third-order valence-electron chi connectivity index (χ3n) is 3.97. The summed E-state index contributed by atoms with van der Waals surface area (Å²) in [4.78, 5) is 0. The number of hydrogen-bond acceptors (Lipinski definition) is 3. The first-order valence-corrected chi connectivity index (χ1v) is 7.23. The van der Waals surface area contributed by atoms with Gasteiger partial charge in [0.1, 0.15) is 5.92 Å². The number of alkyl halides is 1. The molecule has 0 aromatic carbocycles. The smallest absolute Gasteiger partial charge is 0.136 e. The highest BCUT2D eigenvalue weighted by Gasteiger charge is 2.42. The Morgan fingerprint density at radius 3 is 2.59 bits per heavy atom. The minimum absolute atomic E-state index is 0.0818. The monoisotopic (exact) mass is 298 g/mol. The van der Waals surface area contributed by atoms with Gasteiger partial charge in [-0.25, -0.2) is 0 Å². The van der Waals surface area contributed by atoms with E-state index in [1.807, 2.05) is 0 Å². The maximum atomic E-state index is 9.81. The van der Waals surface area contributed by atoms with Crippen molar-refractivity contribution in [1.29, 1.82) is 10.5 Å². The normalized spacial score (nSPS) is 30.6. The molecule has 1 saturated carbocycles. The zero-order valence-electron chi connectivity index (χ0n) is 10.2. The summed E-state index contributed by atoms with van der Waals surface area (Å²) >= 11 is 3.28. The van der Waals surface area contributed by atoms with E-state index in [4.69, 9.17) is 10.5 Å². The van der Waals surface area contributed by atoms with Gasteiger partial charge in [-0.1, -0.05) is 35.7 Å². The summed E-state index contributed by atoms with van der Waals surface area (Å²) in [6.45, 7) is 2.12. The van der Waals surface area contributed by atoms with Gasteiger partial charge < -0.3 is 5.11 Å². The third-order valence-corrected chi connectivity index (χ3v) is 4.72. The summed E-state index contributed by atoms with van der Waals surface area (Å²) in [5.74, 6) is -0.442. The Hall–Kier alpha value is -0.580. The lowest BCUT2D eigenvalue weighted by atomic mass is 9.61. The van der Waals surface area contributed by atoms with Crippen LogP contribution >= 0.6 is 15.9 Å². The number of halogens is 1. The Balaban J connectivity index is 2.85. The van der Waals surface area contributed by atoms with Crippen LogP contribution in [0.2, 0.25) is 0 Å². The van der Waals surface area contributed by atoms with Gasteiger partial charge >= 0.3 is 0 Å². The first-order chi connectivity index (χ1) is 8.07. The van der Waals surface area contributed by atoms with Crippen LogP contribution in [-0.2, 0) is 0 Å². The highest BCUT2D eigenvalue weighted by Crippen LogP contribution is 2.47. The molecular formula is C13H19BrN2O. The summed E-state index contributed by atoms with van der Waals surface area (Å²) in [6.07, 6.45) is 4.43. The average molecular weight is 299 g/mol. The summed E-state index contributed by atoms with van der Waals surface area (Å²) in [5, 5.41) is 28.5. The molecule has 0 saturated heterocycles. The number of aliphatic hydroxyl groups is 1. The first kappa shape index (κ1) is 14.5. The van der Waals surface area contributed by atoms with Crippen molar-refractivity contribution in [3.8, 4) is 12.1 Å². The minimum Gasteiger partial charge on any atom is -0.392 e. The molecule has 0 aromatic heterocycles. The maximum absolute atomic E-state index is 9.81. The number of nitriles is 2. The van der Waals surface area contributed by atoms with Crippen LogP contribution in [0.1, 0.15) is 39.0 Å². The van der Waals surface area contributed by atoms with Gasteiger partial charge in [-0.05, 0) is 30.6 Å². The molecule has 0 aromatic rings. The lowest BCUT2D eigenvalue weighted by Gasteiger charge is -2.43. The van der Waals surface area contributed by atoms with Crippen molar-refractivity contribution in [2.24, 2.45) is 17.3 Å². The third kappa shape index (κ3) is 3.44. The Morgan fingerprint density at radius 2 is 2.06 bits per heavy atom. The molecule has 0 amide bonds. The molecule has 1 N–H and O–H groups in total. The SMILES string of the molecule is C[C@]1(C[C@H](O)CBr)CCCC[C@@H]1C(C#N)C#N. The topological polar surface area (TPSA) is 67.8 Å². The fourth-order valence-electron chi connectivity index (χ4n) is 3.05. The van der Waals surface area contributed by atoms with Crippen molar-refractivity contribution in [3.63, 3.8) is 0 Å². The van der Waals surface area contributed by atoms with Crippen LogP contribution in [0.25, 0.3) is 0 Å². The van der Waals surface area contributed by atoms with Crippen molar-refractivity contribution < 1.29 is 5.11 Å². The van der Waals surface area contributed by atoms with Gasteiger partial charge in [0, 0.05) is 5.33 Å². The lowest BCUT2D eigenvalue weighted by molar-refractivity contribution is 0.0373. The predicted molar refractivity (Wildman–Crippen MR) is 69.2 cm³/mol. The molecule has 1 aliphatic carbocycles. The summed E-state index contributed by atoms with van der Waals surface area (Å²) in [6, 6.07) is 4.23. The van der Waals surface area contributed by atoms with E-state index in [2.05, 4.69) is 35.0 Å². The van der Waals surface area contributed by atoms with E-state index in [1.54, 1.807) is 0 Å². The fourth-order valence-corrected chi connectivity index (χ4v) is 3.28. The molecule has 1 fully saturated rings. The molecule has 3 nitrogen and oxygen atoms in total. The van der Waals surface area contributed by atoms with Gasteiger partial charge in [0.2, 0.25) is 0 Å². The second-order valence-electron chi connectivity index (χ2n) is 5.25. The number of aliphatic hydroxyl groups excluding tert-OH is 1. The highest BCUT2D eigenvalue weighted by atomic mass is 79.9. The average Bonchev–Trinajstić information content (AvgIpc) is 2.32. The lowest BCUT2D eigenvalue weighted by Crippen LogP contribution is -2.38. The Labute approximate surface area is 112 Å². The van der Waals surface area contributed by atoms with Crippen molar-refractivity contribution in [3.05, 3.63) is 0 Å². The first-order valence-electron chi connectivity index (χ1n) is 6.10. The molecule has 0 radical (unpaired) electrons. The molecule has 0 spiro atoms. The van der Waals surface area contributed by atoms with Crippen LogP contribution in [0, 0.1) is 39.9 Å². The maximum Gasteiger partial charge on any atom is 0.136 e. The molecular weight excluding hydrogens is 280 g/mol. The Bertz CT molecular complexity index is 319. The number of hydrogen-bond donors (Lipinski definition) is 1. The molecule has 94 valence electrons. The van der Waals surface area contributed by atoms with Crippen LogP contribution in [0.4, 0.5) is 0 Å². The summed E-state index contributed by atoms with van der Waals surface area (Å²) in [5.41, 5.74) is -0.0818. The predicted octanol–water partition coefficient (Wildman–Crippen LogP) is 2.99. The second kappa shape index (κ2) is 6.38. The second-order valence-corrected chi connectivity index (χ2v) is 5.90. The molecule has 17 heavy (non-hydrogen) atoms. The quantitative estimate of drug-likeness (QED) is 0.811. The largest absolute Gasteiger partial charge is 0.392 e. The van der Waals surface area contributed by atoms with Gasteiger partial charge in [0.05, 0.1) is 18.2 Å². The minimum atomic E-state index is -0.539. The van der Waals surface area contributed by atoms with Gasteiger partial charge in [0.25, 0.3) is 0 Å².